The van der Waals surface area contributed by atoms with E-state index < -0.39 is 34.7 Å². The Labute approximate surface area is 184 Å². The van der Waals surface area contributed by atoms with Crippen LogP contribution in [0.25, 0.3) is 17.2 Å². The summed E-state index contributed by atoms with van der Waals surface area (Å²) in [5.41, 5.74) is -0.991. The first-order valence-corrected chi connectivity index (χ1v) is 9.74. The summed E-state index contributed by atoms with van der Waals surface area (Å²) < 4.78 is 33.0. The molecule has 0 saturated heterocycles. The number of nitrogens with one attached hydrogen (secondary N) is 1. The molecule has 2 heterocycles. The molecule has 0 bridgehead atoms. The summed E-state index contributed by atoms with van der Waals surface area (Å²) in [6.45, 7) is 1.69. The Kier molecular flexibility index (Phi) is 5.89. The number of nitrogens with zero attached hydrogens (tertiary/aromatic N) is 5. The molecule has 10 nitrogen and oxygen atoms in total. The van der Waals surface area contributed by atoms with Gasteiger partial charge in [-0.05, 0) is 48.9 Å². The van der Waals surface area contributed by atoms with E-state index in [1.54, 1.807) is 6.92 Å². The highest BCUT2D eigenvalue weighted by molar-refractivity contribution is 5.89. The fourth-order valence-electron chi connectivity index (χ4n) is 2.96. The van der Waals surface area contributed by atoms with Gasteiger partial charge in [0.25, 0.3) is 5.56 Å². The van der Waals surface area contributed by atoms with Crippen molar-refractivity contribution in [1.82, 2.24) is 29.8 Å². The number of hydrogen-bond acceptors (Lipinski definition) is 7. The molecular weight excluding hydrogens is 438 g/mol. The van der Waals surface area contributed by atoms with Crippen LogP contribution in [-0.2, 0) is 13.1 Å². The molecule has 0 spiro atoms. The number of amides is 1. The first-order valence-electron chi connectivity index (χ1n) is 9.74. The van der Waals surface area contributed by atoms with Crippen LogP contribution < -0.4 is 16.6 Å². The van der Waals surface area contributed by atoms with E-state index in [-0.39, 0.29) is 30.3 Å². The molecule has 1 amide bonds. The van der Waals surface area contributed by atoms with Crippen molar-refractivity contribution < 1.29 is 18.1 Å². The van der Waals surface area contributed by atoms with E-state index in [1.807, 2.05) is 0 Å². The van der Waals surface area contributed by atoms with Gasteiger partial charge in [-0.15, -0.1) is 0 Å². The third-order valence-electron chi connectivity index (χ3n) is 4.65. The SMILES string of the molecule is CCn1c(=O)c(-c2noc(C(=O)NCc3ccc(F)cc3)n2)nn(-c2ccc(F)cc2)c1=O. The maximum absolute atomic E-state index is 13.3. The smallest absolute Gasteiger partial charge is 0.344 e. The van der Waals surface area contributed by atoms with E-state index >= 15 is 0 Å². The van der Waals surface area contributed by atoms with Crippen LogP contribution in [0.4, 0.5) is 8.78 Å². The summed E-state index contributed by atoms with van der Waals surface area (Å²) in [5.74, 6) is -2.37. The van der Waals surface area contributed by atoms with Crippen molar-refractivity contribution in [1.29, 1.82) is 0 Å². The van der Waals surface area contributed by atoms with Crippen LogP contribution in [0.1, 0.15) is 23.2 Å². The third-order valence-corrected chi connectivity index (χ3v) is 4.65. The Morgan fingerprint density at radius 2 is 1.67 bits per heavy atom. The highest BCUT2D eigenvalue weighted by atomic mass is 19.1. The lowest BCUT2D eigenvalue weighted by Gasteiger charge is -2.09. The molecule has 33 heavy (non-hydrogen) atoms. The normalized spacial score (nSPS) is 10.9. The minimum Gasteiger partial charge on any atom is -0.344 e. The van der Waals surface area contributed by atoms with E-state index in [4.69, 9.17) is 4.52 Å². The second-order valence-corrected chi connectivity index (χ2v) is 6.80. The zero-order valence-corrected chi connectivity index (χ0v) is 17.2. The molecule has 0 saturated carbocycles. The van der Waals surface area contributed by atoms with Gasteiger partial charge in [0, 0.05) is 13.1 Å². The summed E-state index contributed by atoms with van der Waals surface area (Å²) in [4.78, 5) is 41.7. The van der Waals surface area contributed by atoms with Gasteiger partial charge >= 0.3 is 17.5 Å². The quantitative estimate of drug-likeness (QED) is 0.470. The van der Waals surface area contributed by atoms with E-state index in [9.17, 15) is 23.2 Å². The number of aromatic nitrogens is 5. The standard InChI is InChI=1S/C21H16F2N6O4/c1-2-28-20(31)16(26-29(21(28)32)15-9-7-14(23)8-10-15)17-25-19(33-27-17)18(30)24-11-12-3-5-13(22)6-4-12/h3-10H,2,11H2,1H3,(H,24,30). The summed E-state index contributed by atoms with van der Waals surface area (Å²) in [6.07, 6.45) is 0. The lowest BCUT2D eigenvalue weighted by Crippen LogP contribution is -2.41. The van der Waals surface area contributed by atoms with Crippen LogP contribution in [0.5, 0.6) is 0 Å². The van der Waals surface area contributed by atoms with Crippen molar-refractivity contribution in [3.05, 3.63) is 92.5 Å². The van der Waals surface area contributed by atoms with Gasteiger partial charge in [-0.2, -0.15) is 14.8 Å². The van der Waals surface area contributed by atoms with Crippen molar-refractivity contribution in [2.24, 2.45) is 0 Å². The topological polar surface area (TPSA) is 125 Å². The molecule has 168 valence electrons. The van der Waals surface area contributed by atoms with Gasteiger partial charge in [-0.1, -0.05) is 17.3 Å². The van der Waals surface area contributed by atoms with Crippen LogP contribution in [0.3, 0.4) is 0 Å². The molecule has 4 rings (SSSR count). The van der Waals surface area contributed by atoms with Crippen LogP contribution in [0, 0.1) is 11.6 Å². The fourth-order valence-corrected chi connectivity index (χ4v) is 2.96. The summed E-state index contributed by atoms with van der Waals surface area (Å²) in [6, 6.07) is 10.4. The Bertz CT molecular complexity index is 1430. The van der Waals surface area contributed by atoms with Crippen molar-refractivity contribution in [2.75, 3.05) is 0 Å². The molecule has 0 aliphatic rings. The predicted octanol–water partition coefficient (Wildman–Crippen LogP) is 1.67. The Balaban J connectivity index is 1.65. The van der Waals surface area contributed by atoms with Gasteiger partial charge in [-0.25, -0.2) is 13.6 Å². The Morgan fingerprint density at radius 1 is 1.03 bits per heavy atom. The minimum absolute atomic E-state index is 0.0250. The number of rotatable bonds is 6. The number of carbonyl (C=O) groups excluding carboxylic acids is 1. The first-order chi connectivity index (χ1) is 15.9. The maximum atomic E-state index is 13.3. The zero-order valence-electron chi connectivity index (χ0n) is 17.2. The monoisotopic (exact) mass is 454 g/mol. The summed E-state index contributed by atoms with van der Waals surface area (Å²) in [7, 11) is 0. The Hall–Kier alpha value is -4.48. The van der Waals surface area contributed by atoms with Crippen molar-refractivity contribution in [2.45, 2.75) is 20.0 Å². The molecule has 2 aromatic heterocycles. The van der Waals surface area contributed by atoms with Gasteiger partial charge < -0.3 is 9.84 Å². The van der Waals surface area contributed by atoms with Gasteiger partial charge in [-0.3, -0.25) is 14.2 Å². The highest BCUT2D eigenvalue weighted by Crippen LogP contribution is 2.11. The number of hydrogen-bond donors (Lipinski definition) is 1. The third kappa shape index (κ3) is 4.44. The van der Waals surface area contributed by atoms with Crippen molar-refractivity contribution in [3.8, 4) is 17.2 Å². The predicted molar refractivity (Wildman–Crippen MR) is 111 cm³/mol. The highest BCUT2D eigenvalue weighted by Gasteiger charge is 2.22. The molecule has 0 unspecified atom stereocenters. The molecular formula is C21H16F2N6O4. The van der Waals surface area contributed by atoms with Crippen LogP contribution >= 0.6 is 0 Å². The van der Waals surface area contributed by atoms with E-state index in [0.717, 1.165) is 21.4 Å². The van der Waals surface area contributed by atoms with Gasteiger partial charge in [0.2, 0.25) is 5.82 Å². The van der Waals surface area contributed by atoms with E-state index in [1.165, 1.54) is 36.4 Å². The zero-order chi connectivity index (χ0) is 23.5. The van der Waals surface area contributed by atoms with Gasteiger partial charge in [0.15, 0.2) is 5.69 Å². The number of halogens is 2. The fraction of sp³-hybridized carbons (Fsp3) is 0.143. The molecule has 0 fully saturated rings. The maximum Gasteiger partial charge on any atom is 0.352 e. The van der Waals surface area contributed by atoms with Crippen LogP contribution in [-0.4, -0.2) is 30.4 Å². The number of carbonyl (C=O) groups is 1. The largest absolute Gasteiger partial charge is 0.352 e. The van der Waals surface area contributed by atoms with E-state index in [0.29, 0.717) is 5.56 Å². The molecule has 12 heteroatoms. The Morgan fingerprint density at radius 3 is 2.30 bits per heavy atom. The van der Waals surface area contributed by atoms with Crippen molar-refractivity contribution in [3.63, 3.8) is 0 Å². The second-order valence-electron chi connectivity index (χ2n) is 6.80. The van der Waals surface area contributed by atoms with E-state index in [2.05, 4.69) is 20.6 Å². The average molecular weight is 454 g/mol. The first kappa shape index (κ1) is 21.7. The van der Waals surface area contributed by atoms with Crippen molar-refractivity contribution >= 4 is 5.91 Å². The summed E-state index contributed by atoms with van der Waals surface area (Å²) >= 11 is 0. The second kappa shape index (κ2) is 8.94. The lowest BCUT2D eigenvalue weighted by molar-refractivity contribution is 0.0907. The number of benzene rings is 2. The molecule has 0 aliphatic heterocycles. The molecule has 4 aromatic rings. The van der Waals surface area contributed by atoms with Crippen LogP contribution in [0.15, 0.2) is 62.6 Å². The van der Waals surface area contributed by atoms with Gasteiger partial charge in [0.1, 0.15) is 11.6 Å². The molecule has 1 N–H and O–H groups in total. The van der Waals surface area contributed by atoms with Crippen LogP contribution in [0.2, 0.25) is 0 Å². The molecule has 0 aliphatic carbocycles. The molecule has 2 aromatic carbocycles. The molecule has 0 radical (unpaired) electrons. The lowest BCUT2D eigenvalue weighted by atomic mass is 10.2. The average Bonchev–Trinajstić information content (AvgIpc) is 3.30. The molecule has 0 atom stereocenters. The van der Waals surface area contributed by atoms with Gasteiger partial charge in [0.05, 0.1) is 5.69 Å². The summed E-state index contributed by atoms with van der Waals surface area (Å²) in [5, 5.41) is 10.2. The minimum atomic E-state index is -0.778.